The third-order valence-corrected chi connectivity index (χ3v) is 3.47. The topological polar surface area (TPSA) is 35.8 Å². The third-order valence-electron chi connectivity index (χ3n) is 2.24. The molecule has 0 saturated heterocycles. The molecule has 92 valence electrons. The lowest BCUT2D eigenvalue weighted by Gasteiger charge is -2.07. The Hall–Kier alpha value is -1.64. The van der Waals surface area contributed by atoms with E-state index in [1.807, 2.05) is 0 Å². The molecule has 0 unspecified atom stereocenters. The number of anilines is 1. The van der Waals surface area contributed by atoms with Gasteiger partial charge in [-0.3, -0.25) is 0 Å². The molecule has 2 rings (SSSR count). The van der Waals surface area contributed by atoms with E-state index in [1.165, 1.54) is 11.3 Å². The second kappa shape index (κ2) is 5.34. The predicted molar refractivity (Wildman–Crippen MR) is 67.7 cm³/mol. The van der Waals surface area contributed by atoms with Crippen molar-refractivity contribution in [1.82, 2.24) is 0 Å². The van der Waals surface area contributed by atoms with Crippen LogP contribution in [0.1, 0.15) is 10.4 Å². The Bertz CT molecular complexity index is 596. The van der Waals surface area contributed by atoms with Gasteiger partial charge < -0.3 is 5.32 Å². The van der Waals surface area contributed by atoms with Crippen LogP contribution in [0, 0.1) is 23.0 Å². The SMILES string of the molecule is N#Cc1cc(F)c(NCc2ccc(Cl)s2)c(F)c1. The minimum atomic E-state index is -0.783. The Labute approximate surface area is 111 Å². The van der Waals surface area contributed by atoms with E-state index in [0.717, 1.165) is 17.0 Å². The predicted octanol–water partition coefficient (Wildman–Crippen LogP) is 4.16. The van der Waals surface area contributed by atoms with Crippen molar-refractivity contribution < 1.29 is 8.78 Å². The lowest BCUT2D eigenvalue weighted by Crippen LogP contribution is -2.03. The van der Waals surface area contributed by atoms with Gasteiger partial charge in [-0.2, -0.15) is 5.26 Å². The van der Waals surface area contributed by atoms with Gasteiger partial charge in [-0.05, 0) is 24.3 Å². The van der Waals surface area contributed by atoms with E-state index >= 15 is 0 Å². The molecule has 0 bridgehead atoms. The Kier molecular flexibility index (Phi) is 3.80. The van der Waals surface area contributed by atoms with Gasteiger partial charge in [-0.15, -0.1) is 11.3 Å². The molecule has 0 spiro atoms. The molecule has 0 radical (unpaired) electrons. The first-order valence-corrected chi connectivity index (χ1v) is 6.17. The third kappa shape index (κ3) is 2.78. The summed E-state index contributed by atoms with van der Waals surface area (Å²) in [6, 6.07) is 7.17. The molecular weight excluding hydrogens is 278 g/mol. The van der Waals surface area contributed by atoms with Crippen molar-refractivity contribution in [3.8, 4) is 6.07 Å². The van der Waals surface area contributed by atoms with Crippen molar-refractivity contribution in [3.05, 3.63) is 50.7 Å². The summed E-state index contributed by atoms with van der Waals surface area (Å²) in [6.07, 6.45) is 0. The number of halogens is 3. The normalized spacial score (nSPS) is 10.1. The van der Waals surface area contributed by atoms with E-state index in [0.29, 0.717) is 4.34 Å². The van der Waals surface area contributed by atoms with Gasteiger partial charge in [0.15, 0.2) is 11.6 Å². The van der Waals surface area contributed by atoms with Crippen LogP contribution >= 0.6 is 22.9 Å². The fraction of sp³-hybridized carbons (Fsp3) is 0.0833. The van der Waals surface area contributed by atoms with Crippen molar-refractivity contribution in [2.75, 3.05) is 5.32 Å². The zero-order valence-electron chi connectivity index (χ0n) is 9.01. The molecule has 0 aliphatic carbocycles. The maximum Gasteiger partial charge on any atom is 0.150 e. The average molecular weight is 285 g/mol. The van der Waals surface area contributed by atoms with Gasteiger partial charge in [-0.25, -0.2) is 8.78 Å². The highest BCUT2D eigenvalue weighted by atomic mass is 35.5. The molecule has 0 aliphatic heterocycles. The zero-order valence-corrected chi connectivity index (χ0v) is 10.6. The summed E-state index contributed by atoms with van der Waals surface area (Å²) in [7, 11) is 0. The van der Waals surface area contributed by atoms with E-state index in [2.05, 4.69) is 5.32 Å². The first kappa shape index (κ1) is 12.8. The van der Waals surface area contributed by atoms with Gasteiger partial charge in [0.1, 0.15) is 5.69 Å². The van der Waals surface area contributed by atoms with Crippen molar-refractivity contribution in [1.29, 1.82) is 5.26 Å². The van der Waals surface area contributed by atoms with Crippen LogP contribution in [0.15, 0.2) is 24.3 Å². The minimum Gasteiger partial charge on any atom is -0.375 e. The van der Waals surface area contributed by atoms with Crippen molar-refractivity contribution in [2.24, 2.45) is 0 Å². The van der Waals surface area contributed by atoms with Crippen LogP contribution in [0.4, 0.5) is 14.5 Å². The molecule has 2 aromatic rings. The number of nitrogens with one attached hydrogen (secondary N) is 1. The smallest absolute Gasteiger partial charge is 0.150 e. The maximum absolute atomic E-state index is 13.5. The molecule has 1 heterocycles. The van der Waals surface area contributed by atoms with Crippen LogP contribution in [0.25, 0.3) is 0 Å². The van der Waals surface area contributed by atoms with Crippen molar-refractivity contribution >= 4 is 28.6 Å². The quantitative estimate of drug-likeness (QED) is 0.918. The number of nitriles is 1. The summed E-state index contributed by atoms with van der Waals surface area (Å²) in [5, 5.41) is 11.2. The second-order valence-electron chi connectivity index (χ2n) is 3.49. The van der Waals surface area contributed by atoms with E-state index in [9.17, 15) is 8.78 Å². The van der Waals surface area contributed by atoms with Gasteiger partial charge in [0, 0.05) is 11.4 Å². The highest BCUT2D eigenvalue weighted by Gasteiger charge is 2.11. The number of rotatable bonds is 3. The Balaban J connectivity index is 2.17. The highest BCUT2D eigenvalue weighted by Crippen LogP contribution is 2.25. The summed E-state index contributed by atoms with van der Waals surface area (Å²) in [5.41, 5.74) is -0.284. The Morgan fingerprint density at radius 3 is 2.44 bits per heavy atom. The standard InChI is InChI=1S/C12H7ClF2N2S/c13-11-2-1-8(18-11)6-17-12-9(14)3-7(5-16)4-10(12)15/h1-4,17H,6H2. The van der Waals surface area contributed by atoms with Crippen LogP contribution in [0.3, 0.4) is 0 Å². The fourth-order valence-corrected chi connectivity index (χ4v) is 2.46. The largest absolute Gasteiger partial charge is 0.375 e. The molecule has 1 aromatic heterocycles. The zero-order chi connectivity index (χ0) is 13.1. The molecule has 0 atom stereocenters. The van der Waals surface area contributed by atoms with Gasteiger partial charge in [0.2, 0.25) is 0 Å². The molecule has 0 fully saturated rings. The average Bonchev–Trinajstić information content (AvgIpc) is 2.73. The Morgan fingerprint density at radius 2 is 1.94 bits per heavy atom. The van der Waals surface area contributed by atoms with Crippen LogP contribution in [-0.4, -0.2) is 0 Å². The molecular formula is C12H7ClF2N2S. The van der Waals surface area contributed by atoms with Crippen LogP contribution < -0.4 is 5.32 Å². The lowest BCUT2D eigenvalue weighted by molar-refractivity contribution is 0.587. The molecule has 6 heteroatoms. The van der Waals surface area contributed by atoms with E-state index < -0.39 is 11.6 Å². The number of benzene rings is 1. The first-order valence-electron chi connectivity index (χ1n) is 4.97. The van der Waals surface area contributed by atoms with Crippen LogP contribution in [0.2, 0.25) is 4.34 Å². The van der Waals surface area contributed by atoms with Crippen LogP contribution in [0.5, 0.6) is 0 Å². The number of nitrogens with zero attached hydrogens (tertiary/aromatic N) is 1. The molecule has 0 saturated carbocycles. The van der Waals surface area contributed by atoms with Crippen molar-refractivity contribution in [2.45, 2.75) is 6.54 Å². The monoisotopic (exact) mass is 284 g/mol. The molecule has 0 amide bonds. The summed E-state index contributed by atoms with van der Waals surface area (Å²) in [5.74, 6) is -1.57. The van der Waals surface area contributed by atoms with E-state index in [1.54, 1.807) is 18.2 Å². The molecule has 0 aliphatic rings. The maximum atomic E-state index is 13.5. The van der Waals surface area contributed by atoms with Crippen LogP contribution in [-0.2, 0) is 6.54 Å². The molecule has 1 aromatic carbocycles. The summed E-state index contributed by atoms with van der Waals surface area (Å²) >= 11 is 7.08. The van der Waals surface area contributed by atoms with Crippen molar-refractivity contribution in [3.63, 3.8) is 0 Å². The van der Waals surface area contributed by atoms with E-state index in [4.69, 9.17) is 16.9 Å². The molecule has 18 heavy (non-hydrogen) atoms. The summed E-state index contributed by atoms with van der Waals surface area (Å²) < 4.78 is 27.7. The first-order chi connectivity index (χ1) is 8.60. The minimum absolute atomic E-state index is 0.0466. The van der Waals surface area contributed by atoms with Gasteiger partial charge >= 0.3 is 0 Å². The number of hydrogen-bond acceptors (Lipinski definition) is 3. The lowest BCUT2D eigenvalue weighted by atomic mass is 10.2. The molecule has 2 nitrogen and oxygen atoms in total. The number of hydrogen-bond donors (Lipinski definition) is 1. The van der Waals surface area contributed by atoms with E-state index in [-0.39, 0.29) is 17.8 Å². The highest BCUT2D eigenvalue weighted by molar-refractivity contribution is 7.16. The van der Waals surface area contributed by atoms with Gasteiger partial charge in [-0.1, -0.05) is 11.6 Å². The fourth-order valence-electron chi connectivity index (χ4n) is 1.43. The van der Waals surface area contributed by atoms with Gasteiger partial charge in [0.25, 0.3) is 0 Å². The summed E-state index contributed by atoms with van der Waals surface area (Å²) in [6.45, 7) is 0.275. The molecule has 1 N–H and O–H groups in total. The second-order valence-corrected chi connectivity index (χ2v) is 5.29. The summed E-state index contributed by atoms with van der Waals surface area (Å²) in [4.78, 5) is 0.864. The number of thiophene rings is 1. The Morgan fingerprint density at radius 1 is 1.28 bits per heavy atom. The van der Waals surface area contributed by atoms with Gasteiger partial charge in [0.05, 0.1) is 16.0 Å².